The first-order valence-electron chi connectivity index (χ1n) is 5.40. The lowest BCUT2D eigenvalue weighted by Crippen LogP contribution is -2.30. The molecule has 0 aromatic heterocycles. The fraction of sp³-hybridized carbons (Fsp3) is 0.500. The Kier molecular flexibility index (Phi) is 4.06. The highest BCUT2D eigenvalue weighted by molar-refractivity contribution is 9.10. The molecular weight excluding hydrogens is 273 g/mol. The van der Waals surface area contributed by atoms with Gasteiger partial charge in [-0.25, -0.2) is 0 Å². The monoisotopic (exact) mass is 287 g/mol. The Bertz CT molecular complexity index is 334. The predicted molar refractivity (Wildman–Crippen MR) is 68.4 cm³/mol. The maximum atomic E-state index is 6.00. The lowest BCUT2D eigenvalue weighted by Gasteiger charge is -2.23. The van der Waals surface area contributed by atoms with Crippen molar-refractivity contribution in [1.82, 2.24) is 5.32 Å². The van der Waals surface area contributed by atoms with Gasteiger partial charge >= 0.3 is 0 Å². The maximum absolute atomic E-state index is 6.00. The standard InChI is InChI=1S/C12H15BrClN/c13-12-4-3-11(14)7-10(12)6-9-2-1-5-15-8-9/h3-4,7,9,15H,1-2,5-6,8H2. The van der Waals surface area contributed by atoms with E-state index >= 15 is 0 Å². The van der Waals surface area contributed by atoms with E-state index in [4.69, 9.17) is 11.6 Å². The van der Waals surface area contributed by atoms with Crippen molar-refractivity contribution in [2.75, 3.05) is 13.1 Å². The van der Waals surface area contributed by atoms with E-state index in [2.05, 4.69) is 27.3 Å². The molecule has 1 N–H and O–H groups in total. The minimum absolute atomic E-state index is 0.758. The van der Waals surface area contributed by atoms with Gasteiger partial charge in [-0.3, -0.25) is 0 Å². The van der Waals surface area contributed by atoms with E-state index in [1.54, 1.807) is 0 Å². The Morgan fingerprint density at radius 1 is 1.47 bits per heavy atom. The first-order chi connectivity index (χ1) is 7.25. The Morgan fingerprint density at radius 3 is 3.07 bits per heavy atom. The van der Waals surface area contributed by atoms with Crippen molar-refractivity contribution in [3.05, 3.63) is 33.3 Å². The molecule has 3 heteroatoms. The fourth-order valence-corrected chi connectivity index (χ4v) is 2.71. The molecule has 0 spiro atoms. The molecule has 0 saturated carbocycles. The summed E-state index contributed by atoms with van der Waals surface area (Å²) in [7, 11) is 0. The van der Waals surface area contributed by atoms with E-state index < -0.39 is 0 Å². The molecule has 1 atom stereocenters. The number of hydrogen-bond acceptors (Lipinski definition) is 1. The van der Waals surface area contributed by atoms with Gasteiger partial charge in [0, 0.05) is 9.50 Å². The summed E-state index contributed by atoms with van der Waals surface area (Å²) in [6.07, 6.45) is 3.74. The quantitative estimate of drug-likeness (QED) is 0.876. The van der Waals surface area contributed by atoms with Gasteiger partial charge in [-0.1, -0.05) is 27.5 Å². The molecule has 82 valence electrons. The van der Waals surface area contributed by atoms with Crippen LogP contribution in [0, 0.1) is 5.92 Å². The van der Waals surface area contributed by atoms with Crippen LogP contribution in [0.1, 0.15) is 18.4 Å². The summed E-state index contributed by atoms with van der Waals surface area (Å²) in [5.41, 5.74) is 1.33. The predicted octanol–water partition coefficient (Wildman–Crippen LogP) is 3.64. The third-order valence-corrected chi connectivity index (χ3v) is 3.92. The molecule has 1 aromatic rings. The smallest absolute Gasteiger partial charge is 0.0409 e. The van der Waals surface area contributed by atoms with Crippen molar-refractivity contribution in [3.8, 4) is 0 Å². The van der Waals surface area contributed by atoms with Gasteiger partial charge in [0.25, 0.3) is 0 Å². The van der Waals surface area contributed by atoms with Crippen LogP contribution in [0.5, 0.6) is 0 Å². The second-order valence-corrected chi connectivity index (χ2v) is 5.44. The van der Waals surface area contributed by atoms with Crippen LogP contribution in [0.3, 0.4) is 0 Å². The van der Waals surface area contributed by atoms with Gasteiger partial charge < -0.3 is 5.32 Å². The number of nitrogens with one attached hydrogen (secondary N) is 1. The van der Waals surface area contributed by atoms with Gasteiger partial charge in [0.15, 0.2) is 0 Å². The zero-order chi connectivity index (χ0) is 10.7. The zero-order valence-corrected chi connectivity index (χ0v) is 10.9. The van der Waals surface area contributed by atoms with Gasteiger partial charge in [-0.2, -0.15) is 0 Å². The Labute approximate surface area is 104 Å². The fourth-order valence-electron chi connectivity index (χ4n) is 2.11. The molecule has 2 rings (SSSR count). The number of rotatable bonds is 2. The number of hydrogen-bond donors (Lipinski definition) is 1. The zero-order valence-electron chi connectivity index (χ0n) is 8.60. The highest BCUT2D eigenvalue weighted by Crippen LogP contribution is 2.25. The van der Waals surface area contributed by atoms with Crippen LogP contribution in [0.25, 0.3) is 0 Å². The normalized spacial score (nSPS) is 21.6. The van der Waals surface area contributed by atoms with E-state index in [1.807, 2.05) is 12.1 Å². The van der Waals surface area contributed by atoms with Crippen molar-refractivity contribution < 1.29 is 0 Å². The average Bonchev–Trinajstić information content (AvgIpc) is 2.25. The first-order valence-corrected chi connectivity index (χ1v) is 6.57. The van der Waals surface area contributed by atoms with Crippen molar-refractivity contribution >= 4 is 27.5 Å². The highest BCUT2D eigenvalue weighted by atomic mass is 79.9. The lowest BCUT2D eigenvalue weighted by atomic mass is 9.92. The summed E-state index contributed by atoms with van der Waals surface area (Å²) in [6, 6.07) is 6.03. The molecule has 0 radical (unpaired) electrons. The van der Waals surface area contributed by atoms with E-state index in [9.17, 15) is 0 Å². The van der Waals surface area contributed by atoms with Crippen molar-refractivity contribution in [2.24, 2.45) is 5.92 Å². The summed E-state index contributed by atoms with van der Waals surface area (Å²) in [6.45, 7) is 2.31. The molecule has 0 aliphatic carbocycles. The van der Waals surface area contributed by atoms with Gasteiger partial charge in [0.1, 0.15) is 0 Å². The molecular formula is C12H15BrClN. The molecule has 15 heavy (non-hydrogen) atoms. The van der Waals surface area contributed by atoms with Crippen LogP contribution in [0.4, 0.5) is 0 Å². The van der Waals surface area contributed by atoms with Crippen LogP contribution >= 0.6 is 27.5 Å². The minimum Gasteiger partial charge on any atom is -0.316 e. The van der Waals surface area contributed by atoms with Crippen LogP contribution in [0.2, 0.25) is 5.02 Å². The molecule has 1 saturated heterocycles. The molecule has 1 unspecified atom stereocenters. The Hall–Kier alpha value is -0.0500. The second kappa shape index (κ2) is 5.33. The maximum Gasteiger partial charge on any atom is 0.0409 e. The van der Waals surface area contributed by atoms with Crippen molar-refractivity contribution in [1.29, 1.82) is 0 Å². The van der Waals surface area contributed by atoms with Crippen LogP contribution in [-0.2, 0) is 6.42 Å². The number of benzene rings is 1. The van der Waals surface area contributed by atoms with Crippen LogP contribution in [0.15, 0.2) is 22.7 Å². The molecule has 1 aliphatic heterocycles. The third-order valence-electron chi connectivity index (χ3n) is 2.92. The molecule has 1 aliphatic rings. The van der Waals surface area contributed by atoms with Crippen LogP contribution < -0.4 is 5.32 Å². The summed E-state index contributed by atoms with van der Waals surface area (Å²) in [4.78, 5) is 0. The number of halogens is 2. The Balaban J connectivity index is 2.05. The highest BCUT2D eigenvalue weighted by Gasteiger charge is 2.14. The first kappa shape index (κ1) is 11.4. The van der Waals surface area contributed by atoms with E-state index in [1.165, 1.54) is 29.4 Å². The van der Waals surface area contributed by atoms with Crippen LogP contribution in [-0.4, -0.2) is 13.1 Å². The summed E-state index contributed by atoms with van der Waals surface area (Å²) >= 11 is 9.58. The van der Waals surface area contributed by atoms with E-state index in [0.717, 1.165) is 23.9 Å². The van der Waals surface area contributed by atoms with E-state index in [-0.39, 0.29) is 0 Å². The summed E-state index contributed by atoms with van der Waals surface area (Å²) < 4.78 is 1.18. The average molecular weight is 289 g/mol. The van der Waals surface area contributed by atoms with Gasteiger partial charge in [0.2, 0.25) is 0 Å². The summed E-state index contributed by atoms with van der Waals surface area (Å²) in [5.74, 6) is 0.758. The van der Waals surface area contributed by atoms with Gasteiger partial charge in [-0.05, 0) is 62.0 Å². The summed E-state index contributed by atoms with van der Waals surface area (Å²) in [5, 5.41) is 4.27. The van der Waals surface area contributed by atoms with Crippen molar-refractivity contribution in [2.45, 2.75) is 19.3 Å². The van der Waals surface area contributed by atoms with E-state index in [0.29, 0.717) is 0 Å². The van der Waals surface area contributed by atoms with Gasteiger partial charge in [0.05, 0.1) is 0 Å². The Morgan fingerprint density at radius 2 is 2.33 bits per heavy atom. The molecule has 1 nitrogen and oxygen atoms in total. The van der Waals surface area contributed by atoms with Crippen molar-refractivity contribution in [3.63, 3.8) is 0 Å². The topological polar surface area (TPSA) is 12.0 Å². The van der Waals surface area contributed by atoms with Gasteiger partial charge in [-0.15, -0.1) is 0 Å². The second-order valence-electron chi connectivity index (χ2n) is 4.15. The molecule has 0 amide bonds. The third kappa shape index (κ3) is 3.20. The minimum atomic E-state index is 0.758. The SMILES string of the molecule is Clc1ccc(Br)c(CC2CCCNC2)c1. The number of piperidine rings is 1. The largest absolute Gasteiger partial charge is 0.316 e. The lowest BCUT2D eigenvalue weighted by molar-refractivity contribution is 0.376. The molecule has 0 bridgehead atoms. The molecule has 1 fully saturated rings. The molecule has 1 aromatic carbocycles. The molecule has 1 heterocycles.